The van der Waals surface area contributed by atoms with E-state index < -0.39 is 0 Å². The van der Waals surface area contributed by atoms with Crippen molar-refractivity contribution in [2.45, 2.75) is 32.7 Å². The van der Waals surface area contributed by atoms with Crippen LogP contribution in [0.2, 0.25) is 0 Å². The number of nitrogens with one attached hydrogen (secondary N) is 1. The summed E-state index contributed by atoms with van der Waals surface area (Å²) in [6, 6.07) is 2.82. The van der Waals surface area contributed by atoms with Crippen molar-refractivity contribution in [2.24, 2.45) is 0 Å². The van der Waals surface area contributed by atoms with Crippen molar-refractivity contribution in [1.29, 1.82) is 0 Å². The quantitative estimate of drug-likeness (QED) is 0.818. The van der Waals surface area contributed by atoms with Crippen LogP contribution in [-0.2, 0) is 0 Å². The molecule has 16 heavy (non-hydrogen) atoms. The summed E-state index contributed by atoms with van der Waals surface area (Å²) >= 11 is 0. The van der Waals surface area contributed by atoms with Gasteiger partial charge in [0, 0.05) is 30.9 Å². The van der Waals surface area contributed by atoms with Crippen LogP contribution in [0.3, 0.4) is 0 Å². The second kappa shape index (κ2) is 4.78. The second-order valence-corrected chi connectivity index (χ2v) is 4.58. The number of rotatable bonds is 5. The lowest BCUT2D eigenvalue weighted by Gasteiger charge is -2.16. The Morgan fingerprint density at radius 3 is 2.75 bits per heavy atom. The summed E-state index contributed by atoms with van der Waals surface area (Å²) in [6.45, 7) is 5.94. The van der Waals surface area contributed by atoms with Crippen LogP contribution in [0.15, 0.2) is 6.07 Å². The molecule has 1 fully saturated rings. The normalized spacial score (nSPS) is 15.5. The first-order valence-electron chi connectivity index (χ1n) is 5.91. The summed E-state index contributed by atoms with van der Waals surface area (Å²) in [5.41, 5.74) is 1.02. The zero-order chi connectivity index (χ0) is 11.5. The molecule has 1 saturated carbocycles. The van der Waals surface area contributed by atoms with Crippen molar-refractivity contribution < 1.29 is 0 Å². The lowest BCUT2D eigenvalue weighted by atomic mass is 10.4. The van der Waals surface area contributed by atoms with E-state index in [4.69, 9.17) is 0 Å². The topological polar surface area (TPSA) is 41.0 Å². The zero-order valence-electron chi connectivity index (χ0n) is 10.3. The number of likely N-dealkylation sites (N-methyl/N-ethyl adjacent to an activating group) is 1. The molecule has 1 N–H and O–H groups in total. The maximum atomic E-state index is 4.35. The number of hydrogen-bond donors (Lipinski definition) is 1. The van der Waals surface area contributed by atoms with E-state index in [1.807, 2.05) is 19.9 Å². The van der Waals surface area contributed by atoms with E-state index in [9.17, 15) is 0 Å². The van der Waals surface area contributed by atoms with Gasteiger partial charge in [0.15, 0.2) is 0 Å². The summed E-state index contributed by atoms with van der Waals surface area (Å²) in [6.07, 6.45) is 2.73. The van der Waals surface area contributed by atoms with Crippen LogP contribution in [-0.4, -0.2) is 41.0 Å². The molecule has 88 valence electrons. The highest BCUT2D eigenvalue weighted by atomic mass is 15.2. The van der Waals surface area contributed by atoms with Crippen LogP contribution in [0.1, 0.15) is 24.4 Å². The smallest absolute Gasteiger partial charge is 0.129 e. The fourth-order valence-corrected chi connectivity index (χ4v) is 1.87. The van der Waals surface area contributed by atoms with Gasteiger partial charge in [-0.15, -0.1) is 0 Å². The Labute approximate surface area is 97.1 Å². The summed E-state index contributed by atoms with van der Waals surface area (Å²) in [7, 11) is 2.19. The number of anilines is 1. The Bertz CT molecular complexity index is 340. The first-order valence-corrected chi connectivity index (χ1v) is 5.91. The molecule has 1 heterocycles. The van der Waals surface area contributed by atoms with E-state index in [-0.39, 0.29) is 0 Å². The molecule has 0 amide bonds. The molecular weight excluding hydrogens is 200 g/mol. The summed E-state index contributed by atoms with van der Waals surface area (Å²) in [5.74, 6) is 1.77. The number of aryl methyl sites for hydroxylation is 2. The van der Waals surface area contributed by atoms with Crippen molar-refractivity contribution in [3.05, 3.63) is 17.6 Å². The molecule has 1 aromatic rings. The van der Waals surface area contributed by atoms with Crippen LogP contribution >= 0.6 is 0 Å². The van der Waals surface area contributed by atoms with Gasteiger partial charge in [-0.25, -0.2) is 9.97 Å². The van der Waals surface area contributed by atoms with Gasteiger partial charge in [0.25, 0.3) is 0 Å². The Balaban J connectivity index is 1.79. The van der Waals surface area contributed by atoms with Gasteiger partial charge in [0.2, 0.25) is 0 Å². The molecule has 0 aliphatic heterocycles. The van der Waals surface area contributed by atoms with E-state index in [1.54, 1.807) is 0 Å². The van der Waals surface area contributed by atoms with Gasteiger partial charge < -0.3 is 10.2 Å². The van der Waals surface area contributed by atoms with Crippen molar-refractivity contribution >= 4 is 5.82 Å². The molecule has 4 nitrogen and oxygen atoms in total. The second-order valence-electron chi connectivity index (χ2n) is 4.58. The molecule has 2 rings (SSSR count). The molecule has 0 spiro atoms. The molecule has 0 radical (unpaired) electrons. The van der Waals surface area contributed by atoms with E-state index in [2.05, 4.69) is 27.2 Å². The fraction of sp³-hybridized carbons (Fsp3) is 0.667. The van der Waals surface area contributed by atoms with Gasteiger partial charge in [0.05, 0.1) is 0 Å². The molecule has 0 saturated heterocycles. The third kappa shape index (κ3) is 3.17. The highest BCUT2D eigenvalue weighted by Gasteiger charge is 2.25. The van der Waals surface area contributed by atoms with Gasteiger partial charge in [-0.05, 0) is 33.7 Å². The SMILES string of the molecule is Cc1cc(NCCN(C)C2CC2)nc(C)n1. The van der Waals surface area contributed by atoms with E-state index >= 15 is 0 Å². The maximum absolute atomic E-state index is 4.35. The first kappa shape index (κ1) is 11.3. The number of nitrogens with zero attached hydrogens (tertiary/aromatic N) is 3. The van der Waals surface area contributed by atoms with Gasteiger partial charge in [-0.2, -0.15) is 0 Å². The van der Waals surface area contributed by atoms with Crippen molar-refractivity contribution in [3.63, 3.8) is 0 Å². The van der Waals surface area contributed by atoms with Crippen LogP contribution < -0.4 is 5.32 Å². The monoisotopic (exact) mass is 220 g/mol. The first-order chi connectivity index (χ1) is 7.65. The van der Waals surface area contributed by atoms with Crippen LogP contribution in [0.4, 0.5) is 5.82 Å². The minimum absolute atomic E-state index is 0.829. The Morgan fingerprint density at radius 1 is 1.38 bits per heavy atom. The zero-order valence-corrected chi connectivity index (χ0v) is 10.3. The average molecular weight is 220 g/mol. The molecule has 1 aliphatic rings. The summed E-state index contributed by atoms with van der Waals surface area (Å²) in [4.78, 5) is 11.0. The van der Waals surface area contributed by atoms with Gasteiger partial charge >= 0.3 is 0 Å². The summed E-state index contributed by atoms with van der Waals surface area (Å²) < 4.78 is 0. The van der Waals surface area contributed by atoms with Gasteiger partial charge in [-0.3, -0.25) is 0 Å². The largest absolute Gasteiger partial charge is 0.369 e. The van der Waals surface area contributed by atoms with E-state index in [1.165, 1.54) is 12.8 Å². The lowest BCUT2D eigenvalue weighted by molar-refractivity contribution is 0.337. The highest BCUT2D eigenvalue weighted by molar-refractivity contribution is 5.35. The van der Waals surface area contributed by atoms with E-state index in [0.29, 0.717) is 0 Å². The molecule has 1 aliphatic carbocycles. The fourth-order valence-electron chi connectivity index (χ4n) is 1.87. The van der Waals surface area contributed by atoms with Crippen LogP contribution in [0.5, 0.6) is 0 Å². The standard InChI is InChI=1S/C12H20N4/c1-9-8-12(15-10(2)14-9)13-6-7-16(3)11-4-5-11/h8,11H,4-7H2,1-3H3,(H,13,14,15). The molecule has 0 atom stereocenters. The Morgan fingerprint density at radius 2 is 2.12 bits per heavy atom. The van der Waals surface area contributed by atoms with Crippen LogP contribution in [0.25, 0.3) is 0 Å². The molecule has 0 bridgehead atoms. The third-order valence-electron chi connectivity index (χ3n) is 2.91. The number of hydrogen-bond acceptors (Lipinski definition) is 4. The lowest BCUT2D eigenvalue weighted by Crippen LogP contribution is -2.27. The summed E-state index contributed by atoms with van der Waals surface area (Å²) in [5, 5.41) is 3.35. The Kier molecular flexibility index (Phi) is 3.39. The molecule has 0 aromatic carbocycles. The van der Waals surface area contributed by atoms with Crippen molar-refractivity contribution in [1.82, 2.24) is 14.9 Å². The highest BCUT2D eigenvalue weighted by Crippen LogP contribution is 2.24. The molecular formula is C12H20N4. The van der Waals surface area contributed by atoms with Crippen molar-refractivity contribution in [2.75, 3.05) is 25.5 Å². The number of aromatic nitrogens is 2. The molecule has 4 heteroatoms. The average Bonchev–Trinajstić information content (AvgIpc) is 2.98. The predicted molar refractivity (Wildman–Crippen MR) is 65.6 cm³/mol. The van der Waals surface area contributed by atoms with Gasteiger partial charge in [0.1, 0.15) is 11.6 Å². The van der Waals surface area contributed by atoms with E-state index in [0.717, 1.165) is 36.5 Å². The minimum Gasteiger partial charge on any atom is -0.369 e. The Hall–Kier alpha value is -1.16. The molecule has 0 unspecified atom stereocenters. The minimum atomic E-state index is 0.829. The van der Waals surface area contributed by atoms with Crippen molar-refractivity contribution in [3.8, 4) is 0 Å². The predicted octanol–water partition coefficient (Wildman–Crippen LogP) is 1.60. The van der Waals surface area contributed by atoms with Gasteiger partial charge in [-0.1, -0.05) is 0 Å². The third-order valence-corrected chi connectivity index (χ3v) is 2.91. The maximum Gasteiger partial charge on any atom is 0.129 e. The van der Waals surface area contributed by atoms with Crippen LogP contribution in [0, 0.1) is 13.8 Å². The molecule has 1 aromatic heterocycles.